The number of nitrogens with one attached hydrogen (secondary N) is 2. The summed E-state index contributed by atoms with van der Waals surface area (Å²) in [4.78, 5) is 12.1. The maximum Gasteiger partial charge on any atom is 0.247 e. The molecule has 5 nitrogen and oxygen atoms in total. The van der Waals surface area contributed by atoms with Crippen molar-refractivity contribution in [1.29, 1.82) is 0 Å². The minimum atomic E-state index is -0.209. The molecule has 1 aromatic carbocycles. The van der Waals surface area contributed by atoms with Gasteiger partial charge in [-0.2, -0.15) is 0 Å². The van der Waals surface area contributed by atoms with Crippen molar-refractivity contribution in [2.75, 3.05) is 31.0 Å². The fourth-order valence-electron chi connectivity index (χ4n) is 2.21. The first-order valence-electron chi connectivity index (χ1n) is 7.08. The van der Waals surface area contributed by atoms with Gasteiger partial charge in [0.25, 0.3) is 0 Å². The summed E-state index contributed by atoms with van der Waals surface area (Å²) in [6.07, 6.45) is 2.53. The van der Waals surface area contributed by atoms with Gasteiger partial charge in [-0.05, 0) is 31.4 Å². The number of hydrogen-bond donors (Lipinski definition) is 2. The second-order valence-corrected chi connectivity index (χ2v) is 4.85. The van der Waals surface area contributed by atoms with E-state index in [4.69, 9.17) is 9.47 Å². The van der Waals surface area contributed by atoms with E-state index in [1.54, 1.807) is 7.11 Å². The molecule has 0 radical (unpaired) electrons. The molecule has 0 aromatic heterocycles. The predicted molar refractivity (Wildman–Crippen MR) is 79.4 cm³/mol. The van der Waals surface area contributed by atoms with Gasteiger partial charge in [-0.15, -0.1) is 0 Å². The number of methoxy groups -OCH3 is 1. The summed E-state index contributed by atoms with van der Waals surface area (Å²) in [5.74, 6) is 0.710. The Morgan fingerprint density at radius 2 is 2.15 bits per heavy atom. The summed E-state index contributed by atoms with van der Waals surface area (Å²) >= 11 is 0. The van der Waals surface area contributed by atoms with Crippen molar-refractivity contribution in [3.63, 3.8) is 0 Å². The van der Waals surface area contributed by atoms with E-state index in [9.17, 15) is 4.79 Å². The highest BCUT2D eigenvalue weighted by molar-refractivity contribution is 6.04. The van der Waals surface area contributed by atoms with E-state index < -0.39 is 0 Å². The minimum Gasteiger partial charge on any atom is -0.491 e. The predicted octanol–water partition coefficient (Wildman–Crippen LogP) is 2.63. The largest absolute Gasteiger partial charge is 0.491 e. The number of amides is 1. The zero-order chi connectivity index (χ0) is 14.4. The van der Waals surface area contributed by atoms with Crippen molar-refractivity contribution in [3.8, 4) is 5.75 Å². The molecule has 5 heteroatoms. The monoisotopic (exact) mass is 278 g/mol. The van der Waals surface area contributed by atoms with E-state index in [-0.39, 0.29) is 11.9 Å². The Kier molecular flexibility index (Phi) is 5.24. The lowest BCUT2D eigenvalue weighted by Crippen LogP contribution is -2.39. The maximum absolute atomic E-state index is 12.1. The third-order valence-electron chi connectivity index (χ3n) is 3.22. The molecule has 1 atom stereocenters. The van der Waals surface area contributed by atoms with Crippen LogP contribution in [0.3, 0.4) is 0 Å². The van der Waals surface area contributed by atoms with Gasteiger partial charge in [0.05, 0.1) is 12.3 Å². The average molecular weight is 278 g/mol. The molecule has 1 aliphatic rings. The van der Waals surface area contributed by atoms with Gasteiger partial charge in [0.1, 0.15) is 17.5 Å². The summed E-state index contributed by atoms with van der Waals surface area (Å²) in [7, 11) is 1.67. The van der Waals surface area contributed by atoms with E-state index in [1.165, 1.54) is 0 Å². The van der Waals surface area contributed by atoms with E-state index in [1.807, 2.05) is 18.2 Å². The van der Waals surface area contributed by atoms with Crippen LogP contribution >= 0.6 is 0 Å². The van der Waals surface area contributed by atoms with Crippen LogP contribution in [-0.4, -0.2) is 32.3 Å². The van der Waals surface area contributed by atoms with Crippen LogP contribution in [0, 0.1) is 0 Å². The second-order valence-electron chi connectivity index (χ2n) is 4.85. The Hall–Kier alpha value is -1.75. The molecule has 0 spiro atoms. The summed E-state index contributed by atoms with van der Waals surface area (Å²) in [6, 6.07) is 5.55. The fraction of sp³-hybridized carbons (Fsp3) is 0.533. The zero-order valence-corrected chi connectivity index (χ0v) is 12.1. The molecule has 0 aliphatic carbocycles. The van der Waals surface area contributed by atoms with Crippen LogP contribution in [-0.2, 0) is 9.53 Å². The number of para-hydroxylation sites is 1. The smallest absolute Gasteiger partial charge is 0.247 e. The van der Waals surface area contributed by atoms with Crippen molar-refractivity contribution < 1.29 is 14.3 Å². The number of rotatable bonds is 7. The van der Waals surface area contributed by atoms with Gasteiger partial charge >= 0.3 is 0 Å². The van der Waals surface area contributed by atoms with Crippen LogP contribution in [0.2, 0.25) is 0 Å². The highest BCUT2D eigenvalue weighted by Crippen LogP contribution is 2.36. The Morgan fingerprint density at radius 1 is 1.30 bits per heavy atom. The molecule has 1 unspecified atom stereocenters. The van der Waals surface area contributed by atoms with Crippen molar-refractivity contribution in [3.05, 3.63) is 18.2 Å². The topological polar surface area (TPSA) is 59.6 Å². The fourth-order valence-corrected chi connectivity index (χ4v) is 2.21. The first kappa shape index (κ1) is 14.7. The van der Waals surface area contributed by atoms with Gasteiger partial charge in [0.2, 0.25) is 5.91 Å². The number of fused-ring (bicyclic) bond motifs is 1. The number of hydrogen-bond acceptors (Lipinski definition) is 4. The molecule has 0 fully saturated rings. The lowest BCUT2D eigenvalue weighted by atomic mass is 10.1. The van der Waals surface area contributed by atoms with Crippen LogP contribution in [0.4, 0.5) is 11.4 Å². The molecule has 0 saturated carbocycles. The Labute approximate surface area is 119 Å². The molecule has 1 aromatic rings. The summed E-state index contributed by atoms with van der Waals surface area (Å²) in [5.41, 5.74) is 1.66. The number of carbonyl (C=O) groups is 1. The van der Waals surface area contributed by atoms with E-state index in [0.29, 0.717) is 13.2 Å². The summed E-state index contributed by atoms with van der Waals surface area (Å²) in [5, 5.41) is 6.22. The molecular weight excluding hydrogens is 256 g/mol. The van der Waals surface area contributed by atoms with Crippen LogP contribution in [0.1, 0.15) is 26.2 Å². The molecule has 1 heterocycles. The van der Waals surface area contributed by atoms with Crippen molar-refractivity contribution in [2.24, 2.45) is 0 Å². The summed E-state index contributed by atoms with van der Waals surface area (Å²) in [6.45, 7) is 3.36. The van der Waals surface area contributed by atoms with E-state index in [2.05, 4.69) is 17.6 Å². The second kappa shape index (κ2) is 7.14. The molecule has 110 valence electrons. The first-order chi connectivity index (χ1) is 9.76. The first-order valence-corrected chi connectivity index (χ1v) is 7.08. The third-order valence-corrected chi connectivity index (χ3v) is 3.22. The van der Waals surface area contributed by atoms with Crippen molar-refractivity contribution in [2.45, 2.75) is 32.2 Å². The normalized spacial score (nSPS) is 17.1. The SMILES string of the molecule is CCCOc1cccc2c1NC(=O)C(CCCOC)N2. The van der Waals surface area contributed by atoms with E-state index >= 15 is 0 Å². The zero-order valence-electron chi connectivity index (χ0n) is 12.1. The lowest BCUT2D eigenvalue weighted by molar-refractivity contribution is -0.117. The van der Waals surface area contributed by atoms with Crippen molar-refractivity contribution in [1.82, 2.24) is 0 Å². The lowest BCUT2D eigenvalue weighted by Gasteiger charge is -2.28. The Morgan fingerprint density at radius 3 is 2.90 bits per heavy atom. The quantitative estimate of drug-likeness (QED) is 0.753. The highest BCUT2D eigenvalue weighted by Gasteiger charge is 2.26. The van der Waals surface area contributed by atoms with E-state index in [0.717, 1.165) is 36.4 Å². The number of ether oxygens (including phenoxy) is 2. The molecule has 2 N–H and O–H groups in total. The van der Waals surface area contributed by atoms with Gasteiger partial charge in [0, 0.05) is 13.7 Å². The Balaban J connectivity index is 2.08. The van der Waals surface area contributed by atoms with Crippen LogP contribution in [0.25, 0.3) is 0 Å². The van der Waals surface area contributed by atoms with Crippen LogP contribution < -0.4 is 15.4 Å². The Bertz CT molecular complexity index is 462. The minimum absolute atomic E-state index is 0.0128. The van der Waals surface area contributed by atoms with Crippen LogP contribution in [0.15, 0.2) is 18.2 Å². The standard InChI is InChI=1S/C15H22N2O3/c1-3-9-20-13-8-4-6-11-14(13)17-15(18)12(16-11)7-5-10-19-2/h4,6,8,12,16H,3,5,7,9-10H2,1-2H3,(H,17,18). The molecule has 20 heavy (non-hydrogen) atoms. The van der Waals surface area contributed by atoms with Gasteiger partial charge in [-0.1, -0.05) is 13.0 Å². The van der Waals surface area contributed by atoms with Crippen LogP contribution in [0.5, 0.6) is 5.75 Å². The number of carbonyl (C=O) groups excluding carboxylic acids is 1. The highest BCUT2D eigenvalue weighted by atomic mass is 16.5. The molecular formula is C15H22N2O3. The maximum atomic E-state index is 12.1. The molecule has 1 amide bonds. The molecule has 1 aliphatic heterocycles. The summed E-state index contributed by atoms with van der Waals surface area (Å²) < 4.78 is 10.7. The number of anilines is 2. The van der Waals surface area contributed by atoms with Crippen molar-refractivity contribution >= 4 is 17.3 Å². The third kappa shape index (κ3) is 3.42. The number of benzene rings is 1. The average Bonchev–Trinajstić information content (AvgIpc) is 2.46. The molecule has 0 saturated heterocycles. The van der Waals surface area contributed by atoms with Gasteiger partial charge in [-0.3, -0.25) is 4.79 Å². The molecule has 0 bridgehead atoms. The van der Waals surface area contributed by atoms with Gasteiger partial charge in [0.15, 0.2) is 0 Å². The van der Waals surface area contributed by atoms with Gasteiger partial charge < -0.3 is 20.1 Å². The molecule has 2 rings (SSSR count). The van der Waals surface area contributed by atoms with Gasteiger partial charge in [-0.25, -0.2) is 0 Å².